The molecule has 6 nitrogen and oxygen atoms in total. The van der Waals surface area contributed by atoms with Crippen LogP contribution in [0.5, 0.6) is 0 Å². The van der Waals surface area contributed by atoms with Crippen LogP contribution in [-0.2, 0) is 11.3 Å². The molecule has 22 heavy (non-hydrogen) atoms. The molecule has 0 radical (unpaired) electrons. The van der Waals surface area contributed by atoms with Crippen LogP contribution in [0, 0.1) is 12.7 Å². The highest BCUT2D eigenvalue weighted by Gasteiger charge is 2.16. The number of hydrogen-bond acceptors (Lipinski definition) is 6. The van der Waals surface area contributed by atoms with Gasteiger partial charge in [0.05, 0.1) is 5.56 Å². The average Bonchev–Trinajstić information content (AvgIpc) is 3.14. The van der Waals surface area contributed by atoms with E-state index in [0.29, 0.717) is 5.89 Å². The molecule has 0 spiro atoms. The van der Waals surface area contributed by atoms with Crippen LogP contribution < -0.4 is 0 Å². The summed E-state index contributed by atoms with van der Waals surface area (Å²) in [4.78, 5) is 11.9. The summed E-state index contributed by atoms with van der Waals surface area (Å²) in [5, 5.41) is 7.32. The van der Waals surface area contributed by atoms with E-state index in [-0.39, 0.29) is 29.6 Å². The Morgan fingerprint density at radius 1 is 1.18 bits per heavy atom. The summed E-state index contributed by atoms with van der Waals surface area (Å²) in [5.41, 5.74) is 0.272. The molecule has 0 aliphatic heterocycles. The van der Waals surface area contributed by atoms with Gasteiger partial charge in [0.1, 0.15) is 11.6 Å². The summed E-state index contributed by atoms with van der Waals surface area (Å²) in [6.07, 6.45) is 0. The maximum absolute atomic E-state index is 13.7. The molecule has 1 aromatic carbocycles. The van der Waals surface area contributed by atoms with Gasteiger partial charge in [-0.1, -0.05) is 12.1 Å². The number of carbonyl (C=O) groups excluding carboxylic acids is 1. The van der Waals surface area contributed by atoms with Gasteiger partial charge in [0.2, 0.25) is 11.7 Å². The number of halogens is 1. The Labute approximate surface area is 124 Å². The van der Waals surface area contributed by atoms with Crippen molar-refractivity contribution in [2.24, 2.45) is 0 Å². The fraction of sp³-hybridized carbons (Fsp3) is 0.133. The number of carbonyl (C=O) groups is 1. The molecule has 0 fully saturated rings. The molecule has 7 heteroatoms. The zero-order chi connectivity index (χ0) is 15.5. The third-order valence-electron chi connectivity index (χ3n) is 2.84. The van der Waals surface area contributed by atoms with Gasteiger partial charge in [0.25, 0.3) is 5.89 Å². The molecular formula is C15H11FN2O4. The quantitative estimate of drug-likeness (QED) is 0.689. The first-order chi connectivity index (χ1) is 10.6. The smallest absolute Gasteiger partial charge is 0.374 e. The van der Waals surface area contributed by atoms with Gasteiger partial charge < -0.3 is 13.6 Å². The second-order valence-corrected chi connectivity index (χ2v) is 4.43. The summed E-state index contributed by atoms with van der Waals surface area (Å²) < 4.78 is 29.0. The zero-order valence-corrected chi connectivity index (χ0v) is 11.6. The van der Waals surface area contributed by atoms with Crippen molar-refractivity contribution in [2.45, 2.75) is 13.5 Å². The lowest BCUT2D eigenvalue weighted by Crippen LogP contribution is -2.04. The van der Waals surface area contributed by atoms with E-state index >= 15 is 0 Å². The van der Waals surface area contributed by atoms with Gasteiger partial charge in [-0.3, -0.25) is 0 Å². The minimum atomic E-state index is -0.696. The molecule has 0 aliphatic carbocycles. The van der Waals surface area contributed by atoms with Gasteiger partial charge in [0.15, 0.2) is 6.61 Å². The summed E-state index contributed by atoms with van der Waals surface area (Å²) in [7, 11) is 0. The zero-order valence-electron chi connectivity index (χ0n) is 11.6. The van der Waals surface area contributed by atoms with E-state index in [4.69, 9.17) is 13.6 Å². The van der Waals surface area contributed by atoms with Crippen LogP contribution in [0.3, 0.4) is 0 Å². The van der Waals surface area contributed by atoms with Crippen molar-refractivity contribution in [3.8, 4) is 11.3 Å². The predicted molar refractivity (Wildman–Crippen MR) is 72.3 cm³/mol. The number of aromatic nitrogens is 2. The molecule has 0 atom stereocenters. The van der Waals surface area contributed by atoms with Crippen molar-refractivity contribution < 1.29 is 22.8 Å². The summed E-state index contributed by atoms with van der Waals surface area (Å²) >= 11 is 0. The number of nitrogens with zero attached hydrogens (tertiary/aromatic N) is 2. The summed E-state index contributed by atoms with van der Waals surface area (Å²) in [5.74, 6) is -0.345. The Morgan fingerprint density at radius 3 is 2.73 bits per heavy atom. The molecule has 0 saturated heterocycles. The maximum Gasteiger partial charge on any atom is 0.374 e. The van der Waals surface area contributed by atoms with Gasteiger partial charge in [-0.2, -0.15) is 0 Å². The van der Waals surface area contributed by atoms with E-state index in [1.807, 2.05) is 0 Å². The number of rotatable bonds is 4. The molecule has 2 aromatic heterocycles. The van der Waals surface area contributed by atoms with E-state index in [0.717, 1.165) is 0 Å². The van der Waals surface area contributed by atoms with E-state index in [9.17, 15) is 9.18 Å². The molecule has 2 heterocycles. The number of ether oxygens (including phenoxy) is 1. The normalized spacial score (nSPS) is 10.6. The highest BCUT2D eigenvalue weighted by Crippen LogP contribution is 2.25. The topological polar surface area (TPSA) is 78.4 Å². The van der Waals surface area contributed by atoms with Crippen LogP contribution in [0.2, 0.25) is 0 Å². The SMILES string of the molecule is Cc1nnc(COC(=O)c2ccc(-c3ccccc3F)o2)o1. The molecule has 0 amide bonds. The minimum absolute atomic E-state index is 0.0329. The van der Waals surface area contributed by atoms with Gasteiger partial charge >= 0.3 is 5.97 Å². The van der Waals surface area contributed by atoms with Crippen LogP contribution in [0.4, 0.5) is 4.39 Å². The molecule has 3 rings (SSSR count). The Hall–Kier alpha value is -2.96. The van der Waals surface area contributed by atoms with Crippen LogP contribution in [0.15, 0.2) is 45.2 Å². The monoisotopic (exact) mass is 302 g/mol. The van der Waals surface area contributed by atoms with Crippen molar-refractivity contribution in [1.82, 2.24) is 10.2 Å². The van der Waals surface area contributed by atoms with Crippen LogP contribution >= 0.6 is 0 Å². The lowest BCUT2D eigenvalue weighted by molar-refractivity contribution is 0.0401. The Bertz CT molecular complexity index is 809. The van der Waals surface area contributed by atoms with Gasteiger partial charge in [0, 0.05) is 6.92 Å². The highest BCUT2D eigenvalue weighted by molar-refractivity contribution is 5.87. The predicted octanol–water partition coefficient (Wildman–Crippen LogP) is 3.13. The van der Waals surface area contributed by atoms with Crippen molar-refractivity contribution in [2.75, 3.05) is 0 Å². The van der Waals surface area contributed by atoms with Crippen molar-refractivity contribution in [3.05, 3.63) is 59.8 Å². The standard InChI is InChI=1S/C15H11FN2O4/c1-9-17-18-14(21-9)8-20-15(19)13-7-6-12(22-13)10-4-2-3-5-11(10)16/h2-7H,8H2,1H3. The summed E-state index contributed by atoms with van der Waals surface area (Å²) in [6, 6.07) is 9.05. The Balaban J connectivity index is 1.70. The van der Waals surface area contributed by atoms with E-state index in [1.54, 1.807) is 25.1 Å². The molecule has 3 aromatic rings. The van der Waals surface area contributed by atoms with Crippen molar-refractivity contribution >= 4 is 5.97 Å². The average molecular weight is 302 g/mol. The molecule has 0 unspecified atom stereocenters. The maximum atomic E-state index is 13.7. The van der Waals surface area contributed by atoms with Crippen molar-refractivity contribution in [1.29, 1.82) is 0 Å². The third kappa shape index (κ3) is 2.88. The second kappa shape index (κ2) is 5.80. The summed E-state index contributed by atoms with van der Waals surface area (Å²) in [6.45, 7) is 1.47. The number of aryl methyl sites for hydroxylation is 1. The molecule has 0 aliphatic rings. The number of furan rings is 1. The number of benzene rings is 1. The van der Waals surface area contributed by atoms with Crippen molar-refractivity contribution in [3.63, 3.8) is 0 Å². The fourth-order valence-corrected chi connectivity index (χ4v) is 1.85. The Morgan fingerprint density at radius 2 is 2.00 bits per heavy atom. The first kappa shape index (κ1) is 14.0. The molecular weight excluding hydrogens is 291 g/mol. The molecule has 0 saturated carbocycles. The first-order valence-electron chi connectivity index (χ1n) is 6.44. The van der Waals surface area contributed by atoms with E-state index < -0.39 is 11.8 Å². The van der Waals surface area contributed by atoms with Crippen LogP contribution in [0.1, 0.15) is 22.3 Å². The van der Waals surface area contributed by atoms with Crippen LogP contribution in [0.25, 0.3) is 11.3 Å². The fourth-order valence-electron chi connectivity index (χ4n) is 1.85. The molecule has 112 valence electrons. The van der Waals surface area contributed by atoms with E-state index in [1.165, 1.54) is 18.2 Å². The minimum Gasteiger partial charge on any atom is -0.450 e. The first-order valence-corrected chi connectivity index (χ1v) is 6.44. The molecule has 0 bridgehead atoms. The highest BCUT2D eigenvalue weighted by atomic mass is 19.1. The van der Waals surface area contributed by atoms with Gasteiger partial charge in [-0.15, -0.1) is 10.2 Å². The Kier molecular flexibility index (Phi) is 3.69. The van der Waals surface area contributed by atoms with Gasteiger partial charge in [-0.05, 0) is 24.3 Å². The second-order valence-electron chi connectivity index (χ2n) is 4.43. The van der Waals surface area contributed by atoms with Gasteiger partial charge in [-0.25, -0.2) is 9.18 Å². The molecule has 0 N–H and O–H groups in total. The third-order valence-corrected chi connectivity index (χ3v) is 2.84. The number of hydrogen-bond donors (Lipinski definition) is 0. The lowest BCUT2D eigenvalue weighted by Gasteiger charge is -2.00. The van der Waals surface area contributed by atoms with Crippen LogP contribution in [-0.4, -0.2) is 16.2 Å². The van der Waals surface area contributed by atoms with E-state index in [2.05, 4.69) is 10.2 Å². The lowest BCUT2D eigenvalue weighted by atomic mass is 10.1. The number of esters is 1. The largest absolute Gasteiger partial charge is 0.450 e.